The summed E-state index contributed by atoms with van der Waals surface area (Å²) in [6.07, 6.45) is 0.361. The number of hydrogen-bond donors (Lipinski definition) is 0. The number of Topliss-reactive ketones (excluding diaryl/α,β-unsaturated/α-hetero) is 1. The largest absolute Gasteiger partial charge is 0.461 e. The molecule has 100 valence electrons. The molecule has 1 aromatic heterocycles. The molecule has 1 heterocycles. The lowest BCUT2D eigenvalue weighted by Crippen LogP contribution is -2.10. The van der Waals surface area contributed by atoms with Gasteiger partial charge in [0.15, 0.2) is 0 Å². The molecule has 0 aliphatic rings. The molecule has 19 heavy (non-hydrogen) atoms. The van der Waals surface area contributed by atoms with Gasteiger partial charge in [0.25, 0.3) is 0 Å². The van der Waals surface area contributed by atoms with E-state index >= 15 is 0 Å². The third-order valence-electron chi connectivity index (χ3n) is 3.12. The zero-order chi connectivity index (χ0) is 14.0. The lowest BCUT2D eigenvalue weighted by molar-refractivity contribution is -0.116. The lowest BCUT2D eigenvalue weighted by Gasteiger charge is -2.18. The molecule has 0 fully saturated rings. The Kier molecular flexibility index (Phi) is 3.61. The summed E-state index contributed by atoms with van der Waals surface area (Å²) >= 11 is 0. The zero-order valence-corrected chi connectivity index (χ0v) is 12.0. The standard InChI is InChI=1S/C17H20O2/c1-12(18)11-15-9-10-16(19-15)13-5-7-14(8-6-13)17(2,3)4/h5-10H,11H2,1-4H3. The van der Waals surface area contributed by atoms with E-state index in [4.69, 9.17) is 4.42 Å². The van der Waals surface area contributed by atoms with E-state index in [1.54, 1.807) is 6.92 Å². The molecule has 0 unspecified atom stereocenters. The topological polar surface area (TPSA) is 30.2 Å². The van der Waals surface area contributed by atoms with Crippen LogP contribution in [0.4, 0.5) is 0 Å². The predicted octanol–water partition coefficient (Wildman–Crippen LogP) is 4.38. The zero-order valence-electron chi connectivity index (χ0n) is 12.0. The average molecular weight is 256 g/mol. The number of ketones is 1. The van der Waals surface area contributed by atoms with Gasteiger partial charge in [-0.25, -0.2) is 0 Å². The normalized spacial score (nSPS) is 11.6. The van der Waals surface area contributed by atoms with Gasteiger partial charge in [0.1, 0.15) is 17.3 Å². The first kappa shape index (κ1) is 13.6. The highest BCUT2D eigenvalue weighted by Gasteiger charge is 2.13. The van der Waals surface area contributed by atoms with Crippen LogP contribution in [0.3, 0.4) is 0 Å². The summed E-state index contributed by atoms with van der Waals surface area (Å²) in [5, 5.41) is 0. The van der Waals surface area contributed by atoms with Crippen LogP contribution in [0.1, 0.15) is 39.0 Å². The van der Waals surface area contributed by atoms with Gasteiger partial charge in [0.2, 0.25) is 0 Å². The summed E-state index contributed by atoms with van der Waals surface area (Å²) in [5.74, 6) is 1.66. The molecule has 0 amide bonds. The molecule has 0 saturated carbocycles. The number of rotatable bonds is 3. The fourth-order valence-electron chi connectivity index (χ4n) is 2.01. The molecule has 0 atom stereocenters. The Labute approximate surface area is 114 Å². The van der Waals surface area contributed by atoms with Crippen LogP contribution in [0.5, 0.6) is 0 Å². The predicted molar refractivity (Wildman–Crippen MR) is 77.2 cm³/mol. The summed E-state index contributed by atoms with van der Waals surface area (Å²) in [6.45, 7) is 8.15. The number of furan rings is 1. The van der Waals surface area contributed by atoms with Crippen molar-refractivity contribution >= 4 is 5.78 Å². The first-order valence-corrected chi connectivity index (χ1v) is 6.55. The second-order valence-corrected chi connectivity index (χ2v) is 5.97. The lowest BCUT2D eigenvalue weighted by atomic mass is 9.86. The van der Waals surface area contributed by atoms with Crippen molar-refractivity contribution in [1.82, 2.24) is 0 Å². The quantitative estimate of drug-likeness (QED) is 0.816. The van der Waals surface area contributed by atoms with E-state index in [1.165, 1.54) is 5.56 Å². The molecule has 0 aliphatic heterocycles. The van der Waals surface area contributed by atoms with Gasteiger partial charge in [0.05, 0.1) is 6.42 Å². The van der Waals surface area contributed by atoms with Gasteiger partial charge in [0, 0.05) is 5.56 Å². The molecule has 0 aliphatic carbocycles. The van der Waals surface area contributed by atoms with Crippen LogP contribution in [0, 0.1) is 0 Å². The van der Waals surface area contributed by atoms with Crippen LogP contribution in [0.2, 0.25) is 0 Å². The SMILES string of the molecule is CC(=O)Cc1ccc(-c2ccc(C(C)(C)C)cc2)o1. The van der Waals surface area contributed by atoms with E-state index < -0.39 is 0 Å². The number of hydrogen-bond acceptors (Lipinski definition) is 2. The first-order chi connectivity index (χ1) is 8.86. The maximum Gasteiger partial charge on any atom is 0.137 e. The Hall–Kier alpha value is -1.83. The highest BCUT2D eigenvalue weighted by Crippen LogP contribution is 2.27. The number of benzene rings is 1. The smallest absolute Gasteiger partial charge is 0.137 e. The minimum atomic E-state index is 0.115. The molecule has 1 aromatic carbocycles. The molecular formula is C17H20O2. The van der Waals surface area contributed by atoms with Crippen LogP contribution < -0.4 is 0 Å². The fraction of sp³-hybridized carbons (Fsp3) is 0.353. The van der Waals surface area contributed by atoms with Crippen molar-refractivity contribution in [3.8, 4) is 11.3 Å². The Morgan fingerprint density at radius 3 is 2.21 bits per heavy atom. The van der Waals surface area contributed by atoms with Crippen LogP contribution in [0.25, 0.3) is 11.3 Å². The maximum atomic E-state index is 11.1. The van der Waals surface area contributed by atoms with E-state index in [1.807, 2.05) is 12.1 Å². The van der Waals surface area contributed by atoms with Crippen molar-refractivity contribution in [1.29, 1.82) is 0 Å². The summed E-state index contributed by atoms with van der Waals surface area (Å²) in [5.41, 5.74) is 2.50. The molecule has 0 N–H and O–H groups in total. The maximum absolute atomic E-state index is 11.1. The van der Waals surface area contributed by atoms with Gasteiger partial charge in [-0.05, 0) is 30.0 Å². The minimum Gasteiger partial charge on any atom is -0.461 e. The highest BCUT2D eigenvalue weighted by atomic mass is 16.3. The molecular weight excluding hydrogens is 236 g/mol. The van der Waals surface area contributed by atoms with Gasteiger partial charge in [-0.15, -0.1) is 0 Å². The minimum absolute atomic E-state index is 0.115. The molecule has 2 aromatic rings. The Bertz CT molecular complexity index is 568. The van der Waals surface area contributed by atoms with Crippen molar-refractivity contribution < 1.29 is 9.21 Å². The van der Waals surface area contributed by atoms with Crippen LogP contribution in [-0.2, 0) is 16.6 Å². The van der Waals surface area contributed by atoms with Crippen LogP contribution >= 0.6 is 0 Å². The molecule has 0 saturated heterocycles. The Morgan fingerprint density at radius 1 is 1.05 bits per heavy atom. The monoisotopic (exact) mass is 256 g/mol. The Morgan fingerprint density at radius 2 is 1.68 bits per heavy atom. The first-order valence-electron chi connectivity index (χ1n) is 6.55. The molecule has 0 spiro atoms. The van der Waals surface area contributed by atoms with Gasteiger partial charge < -0.3 is 4.42 Å². The summed E-state index contributed by atoms with van der Waals surface area (Å²) in [7, 11) is 0. The third-order valence-corrected chi connectivity index (χ3v) is 3.12. The average Bonchev–Trinajstić information content (AvgIpc) is 2.75. The molecule has 2 nitrogen and oxygen atoms in total. The third kappa shape index (κ3) is 3.34. The van der Waals surface area contributed by atoms with Crippen molar-refractivity contribution in [3.05, 3.63) is 47.7 Å². The molecule has 2 rings (SSSR count). The van der Waals surface area contributed by atoms with Gasteiger partial charge >= 0.3 is 0 Å². The summed E-state index contributed by atoms with van der Waals surface area (Å²) in [4.78, 5) is 11.1. The van der Waals surface area contributed by atoms with Crippen molar-refractivity contribution in [2.45, 2.75) is 39.5 Å². The van der Waals surface area contributed by atoms with Crippen LogP contribution in [0.15, 0.2) is 40.8 Å². The van der Waals surface area contributed by atoms with Gasteiger partial charge in [-0.1, -0.05) is 45.0 Å². The van der Waals surface area contributed by atoms with Crippen molar-refractivity contribution in [3.63, 3.8) is 0 Å². The fourth-order valence-corrected chi connectivity index (χ4v) is 2.01. The number of carbonyl (C=O) groups is 1. The van der Waals surface area contributed by atoms with Crippen molar-refractivity contribution in [2.75, 3.05) is 0 Å². The highest BCUT2D eigenvalue weighted by molar-refractivity contribution is 5.77. The van der Waals surface area contributed by atoms with E-state index in [0.29, 0.717) is 6.42 Å². The van der Waals surface area contributed by atoms with Crippen molar-refractivity contribution in [2.24, 2.45) is 0 Å². The Balaban J connectivity index is 2.23. The van der Waals surface area contributed by atoms with E-state index in [9.17, 15) is 4.79 Å². The van der Waals surface area contributed by atoms with E-state index in [0.717, 1.165) is 17.1 Å². The summed E-state index contributed by atoms with van der Waals surface area (Å²) < 4.78 is 5.69. The summed E-state index contributed by atoms with van der Waals surface area (Å²) in [6, 6.07) is 12.2. The molecule has 0 radical (unpaired) electrons. The molecule has 2 heteroatoms. The second-order valence-electron chi connectivity index (χ2n) is 5.97. The second kappa shape index (κ2) is 5.04. The van der Waals surface area contributed by atoms with Gasteiger partial charge in [-0.3, -0.25) is 4.79 Å². The van der Waals surface area contributed by atoms with Gasteiger partial charge in [-0.2, -0.15) is 0 Å². The van der Waals surface area contributed by atoms with E-state index in [2.05, 4.69) is 45.0 Å². The van der Waals surface area contributed by atoms with E-state index in [-0.39, 0.29) is 11.2 Å². The van der Waals surface area contributed by atoms with Crippen LogP contribution in [-0.4, -0.2) is 5.78 Å². The number of carbonyl (C=O) groups excluding carboxylic acids is 1. The molecule has 0 bridgehead atoms.